The second-order valence-electron chi connectivity index (χ2n) is 5.07. The summed E-state index contributed by atoms with van der Waals surface area (Å²) in [5.41, 5.74) is 0. The van der Waals surface area contributed by atoms with Crippen molar-refractivity contribution in [2.24, 2.45) is 0 Å². The number of benzene rings is 1. The van der Waals surface area contributed by atoms with Crippen LogP contribution in [0.4, 0.5) is 0 Å². The fourth-order valence-electron chi connectivity index (χ4n) is 2.63. The van der Waals surface area contributed by atoms with Crippen LogP contribution in [0.2, 0.25) is 0 Å². The van der Waals surface area contributed by atoms with Crippen molar-refractivity contribution < 1.29 is 9.53 Å². The van der Waals surface area contributed by atoms with Crippen LogP contribution in [0.25, 0.3) is 0 Å². The predicted octanol–water partition coefficient (Wildman–Crippen LogP) is 3.28. The molecule has 0 N–H and O–H groups in total. The number of hydrogen-bond donors (Lipinski definition) is 0. The highest BCUT2D eigenvalue weighted by Gasteiger charge is 2.29. The first-order valence-electron chi connectivity index (χ1n) is 7.21. The molecule has 0 radical (unpaired) electrons. The number of aromatic nitrogens is 1. The predicted molar refractivity (Wildman–Crippen MR) is 82.4 cm³/mol. The maximum absolute atomic E-state index is 12.5. The van der Waals surface area contributed by atoms with Crippen molar-refractivity contribution in [3.8, 4) is 5.75 Å². The minimum Gasteiger partial charge on any atom is -0.484 e. The number of thiazole rings is 1. The Kier molecular flexibility index (Phi) is 4.50. The SMILES string of the molecule is O=C(COc1ccccc1)N1CCCCC1c1nccs1. The van der Waals surface area contributed by atoms with E-state index in [4.69, 9.17) is 4.74 Å². The van der Waals surface area contributed by atoms with Crippen LogP contribution >= 0.6 is 11.3 Å². The number of carbonyl (C=O) groups excluding carboxylic acids is 1. The van der Waals surface area contributed by atoms with Gasteiger partial charge in [-0.25, -0.2) is 4.98 Å². The van der Waals surface area contributed by atoms with Gasteiger partial charge in [0.1, 0.15) is 10.8 Å². The Morgan fingerprint density at radius 2 is 2.19 bits per heavy atom. The Morgan fingerprint density at radius 1 is 1.33 bits per heavy atom. The van der Waals surface area contributed by atoms with Gasteiger partial charge in [-0.05, 0) is 31.4 Å². The van der Waals surface area contributed by atoms with Crippen LogP contribution < -0.4 is 4.74 Å². The van der Waals surface area contributed by atoms with E-state index in [1.54, 1.807) is 17.5 Å². The Labute approximate surface area is 128 Å². The number of carbonyl (C=O) groups is 1. The van der Waals surface area contributed by atoms with Crippen molar-refractivity contribution in [3.63, 3.8) is 0 Å². The smallest absolute Gasteiger partial charge is 0.261 e. The van der Waals surface area contributed by atoms with Crippen molar-refractivity contribution in [1.82, 2.24) is 9.88 Å². The standard InChI is InChI=1S/C16H18N2O2S/c19-15(12-20-13-6-2-1-3-7-13)18-10-5-4-8-14(18)16-17-9-11-21-16/h1-3,6-7,9,11,14H,4-5,8,10,12H2. The molecule has 5 heteroatoms. The quantitative estimate of drug-likeness (QED) is 0.870. The zero-order chi connectivity index (χ0) is 14.5. The Balaban J connectivity index is 1.64. The molecule has 3 rings (SSSR count). The van der Waals surface area contributed by atoms with Gasteiger partial charge in [-0.15, -0.1) is 11.3 Å². The van der Waals surface area contributed by atoms with Crippen LogP contribution in [0.3, 0.4) is 0 Å². The highest BCUT2D eigenvalue weighted by molar-refractivity contribution is 7.09. The molecule has 1 aliphatic heterocycles. The fourth-order valence-corrected chi connectivity index (χ4v) is 3.42. The van der Waals surface area contributed by atoms with E-state index in [1.165, 1.54) is 0 Å². The molecule has 0 aliphatic carbocycles. The van der Waals surface area contributed by atoms with Gasteiger partial charge in [0.25, 0.3) is 5.91 Å². The maximum atomic E-state index is 12.5. The van der Waals surface area contributed by atoms with Crippen molar-refractivity contribution >= 4 is 17.2 Å². The minimum atomic E-state index is 0.0405. The zero-order valence-corrected chi connectivity index (χ0v) is 12.6. The van der Waals surface area contributed by atoms with E-state index in [2.05, 4.69) is 4.98 Å². The lowest BCUT2D eigenvalue weighted by Gasteiger charge is -2.34. The van der Waals surface area contributed by atoms with E-state index in [9.17, 15) is 4.79 Å². The van der Waals surface area contributed by atoms with Gasteiger partial charge in [0, 0.05) is 18.1 Å². The van der Waals surface area contributed by atoms with Gasteiger partial charge in [0.05, 0.1) is 6.04 Å². The van der Waals surface area contributed by atoms with Crippen molar-refractivity contribution in [1.29, 1.82) is 0 Å². The van der Waals surface area contributed by atoms with E-state index in [-0.39, 0.29) is 18.6 Å². The van der Waals surface area contributed by atoms with Gasteiger partial charge < -0.3 is 9.64 Å². The first kappa shape index (κ1) is 14.1. The molecule has 21 heavy (non-hydrogen) atoms. The van der Waals surface area contributed by atoms with Gasteiger partial charge in [0.2, 0.25) is 0 Å². The molecule has 1 aromatic carbocycles. The molecule has 2 aromatic rings. The minimum absolute atomic E-state index is 0.0405. The number of piperidine rings is 1. The first-order valence-corrected chi connectivity index (χ1v) is 8.09. The number of hydrogen-bond acceptors (Lipinski definition) is 4. The van der Waals surface area contributed by atoms with Crippen LogP contribution in [0.15, 0.2) is 41.9 Å². The lowest BCUT2D eigenvalue weighted by molar-refractivity contribution is -0.137. The number of likely N-dealkylation sites (tertiary alicyclic amines) is 1. The summed E-state index contributed by atoms with van der Waals surface area (Å²) in [6, 6.07) is 9.57. The van der Waals surface area contributed by atoms with Crippen molar-refractivity contribution in [2.45, 2.75) is 25.3 Å². The monoisotopic (exact) mass is 302 g/mol. The van der Waals surface area contributed by atoms with Gasteiger partial charge >= 0.3 is 0 Å². The van der Waals surface area contributed by atoms with Crippen LogP contribution in [0, 0.1) is 0 Å². The molecular weight excluding hydrogens is 284 g/mol. The lowest BCUT2D eigenvalue weighted by atomic mass is 10.0. The van der Waals surface area contributed by atoms with Crippen LogP contribution in [-0.4, -0.2) is 28.9 Å². The third kappa shape index (κ3) is 3.42. The molecule has 110 valence electrons. The number of para-hydroxylation sites is 1. The summed E-state index contributed by atoms with van der Waals surface area (Å²) >= 11 is 1.62. The van der Waals surface area contributed by atoms with E-state index in [0.717, 1.165) is 36.6 Å². The number of rotatable bonds is 4. The molecule has 1 fully saturated rings. The van der Waals surface area contributed by atoms with Gasteiger partial charge in [0.15, 0.2) is 6.61 Å². The topological polar surface area (TPSA) is 42.4 Å². The zero-order valence-electron chi connectivity index (χ0n) is 11.8. The summed E-state index contributed by atoms with van der Waals surface area (Å²) in [5, 5.41) is 3.00. The molecule has 1 aliphatic rings. The normalized spacial score (nSPS) is 18.5. The Morgan fingerprint density at radius 3 is 2.95 bits per heavy atom. The average molecular weight is 302 g/mol. The average Bonchev–Trinajstić information content (AvgIpc) is 3.08. The number of ether oxygens (including phenoxy) is 1. The summed E-state index contributed by atoms with van der Waals surface area (Å²) in [7, 11) is 0. The summed E-state index contributed by atoms with van der Waals surface area (Å²) in [6.45, 7) is 0.882. The van der Waals surface area contributed by atoms with E-state index >= 15 is 0 Å². The summed E-state index contributed by atoms with van der Waals surface area (Å²) in [5.74, 6) is 0.771. The van der Waals surface area contributed by atoms with Gasteiger partial charge in [-0.1, -0.05) is 18.2 Å². The van der Waals surface area contributed by atoms with Crippen LogP contribution in [-0.2, 0) is 4.79 Å². The molecule has 1 unspecified atom stereocenters. The molecule has 1 atom stereocenters. The van der Waals surface area contributed by atoms with Gasteiger partial charge in [-0.3, -0.25) is 4.79 Å². The van der Waals surface area contributed by atoms with E-state index in [0.29, 0.717) is 0 Å². The fraction of sp³-hybridized carbons (Fsp3) is 0.375. The summed E-state index contributed by atoms with van der Waals surface area (Å²) in [4.78, 5) is 18.8. The molecule has 0 spiro atoms. The van der Waals surface area contributed by atoms with Crippen molar-refractivity contribution in [3.05, 3.63) is 46.9 Å². The summed E-state index contributed by atoms with van der Waals surface area (Å²) < 4.78 is 5.58. The third-order valence-corrected chi connectivity index (χ3v) is 4.54. The molecule has 0 bridgehead atoms. The number of nitrogens with zero attached hydrogens (tertiary/aromatic N) is 2. The Bertz CT molecular complexity index is 571. The molecule has 1 saturated heterocycles. The third-order valence-electron chi connectivity index (χ3n) is 3.67. The highest BCUT2D eigenvalue weighted by Crippen LogP contribution is 2.32. The lowest BCUT2D eigenvalue weighted by Crippen LogP contribution is -2.41. The number of amides is 1. The molecule has 2 heterocycles. The first-order chi connectivity index (χ1) is 10.3. The van der Waals surface area contributed by atoms with Crippen LogP contribution in [0.1, 0.15) is 30.3 Å². The largest absolute Gasteiger partial charge is 0.484 e. The van der Waals surface area contributed by atoms with E-state index in [1.807, 2.05) is 40.6 Å². The Hall–Kier alpha value is -1.88. The molecule has 1 aromatic heterocycles. The maximum Gasteiger partial charge on any atom is 0.261 e. The summed E-state index contributed by atoms with van der Waals surface area (Å²) in [6.07, 6.45) is 4.99. The van der Waals surface area contributed by atoms with Gasteiger partial charge in [-0.2, -0.15) is 0 Å². The molecular formula is C16H18N2O2S. The second kappa shape index (κ2) is 6.72. The van der Waals surface area contributed by atoms with Crippen molar-refractivity contribution in [2.75, 3.05) is 13.2 Å². The molecule has 0 saturated carbocycles. The highest BCUT2D eigenvalue weighted by atomic mass is 32.1. The second-order valence-corrected chi connectivity index (χ2v) is 6.00. The molecule has 4 nitrogen and oxygen atoms in total. The molecule has 1 amide bonds. The van der Waals surface area contributed by atoms with Crippen LogP contribution in [0.5, 0.6) is 5.75 Å². The van der Waals surface area contributed by atoms with E-state index < -0.39 is 0 Å².